The summed E-state index contributed by atoms with van der Waals surface area (Å²) in [5, 5.41) is 1.29. The average molecular weight is 417 g/mol. The Bertz CT molecular complexity index is 1190. The summed E-state index contributed by atoms with van der Waals surface area (Å²) in [4.78, 5) is 22.3. The lowest BCUT2D eigenvalue weighted by Crippen LogP contribution is -2.38. The molecule has 5 nitrogen and oxygen atoms in total. The number of aromatic nitrogens is 2. The van der Waals surface area contributed by atoms with Crippen LogP contribution in [0.2, 0.25) is 0 Å². The molecule has 6 heteroatoms. The van der Waals surface area contributed by atoms with Crippen LogP contribution in [0, 0.1) is 5.82 Å². The third kappa shape index (κ3) is 4.10. The largest absolute Gasteiger partial charge is 0.441 e. The maximum atomic E-state index is 13.1. The van der Waals surface area contributed by atoms with Crippen molar-refractivity contribution in [2.24, 2.45) is 0 Å². The summed E-state index contributed by atoms with van der Waals surface area (Å²) < 4.78 is 18.8. The topological polar surface area (TPSA) is 62.1 Å². The number of aromatic amines is 1. The van der Waals surface area contributed by atoms with E-state index in [9.17, 15) is 9.18 Å². The van der Waals surface area contributed by atoms with E-state index in [1.54, 1.807) is 18.3 Å². The molecule has 1 fully saturated rings. The van der Waals surface area contributed by atoms with Gasteiger partial charge < -0.3 is 14.3 Å². The number of carbonyl (C=O) groups excluding carboxylic acids is 1. The van der Waals surface area contributed by atoms with Crippen LogP contribution in [-0.2, 0) is 11.2 Å². The lowest BCUT2D eigenvalue weighted by Gasteiger charge is -2.32. The summed E-state index contributed by atoms with van der Waals surface area (Å²) >= 11 is 0. The van der Waals surface area contributed by atoms with Crippen LogP contribution in [0.25, 0.3) is 22.2 Å². The zero-order valence-corrected chi connectivity index (χ0v) is 17.2. The monoisotopic (exact) mass is 417 g/mol. The highest BCUT2D eigenvalue weighted by Gasteiger charge is 2.25. The molecule has 2 aromatic carbocycles. The van der Waals surface area contributed by atoms with E-state index in [-0.39, 0.29) is 11.7 Å². The molecule has 1 N–H and O–H groups in total. The number of amides is 1. The number of oxazole rings is 1. The van der Waals surface area contributed by atoms with Gasteiger partial charge in [0.2, 0.25) is 5.91 Å². The summed E-state index contributed by atoms with van der Waals surface area (Å²) in [5.74, 6) is 1.44. The molecule has 158 valence electrons. The number of likely N-dealkylation sites (tertiary alicyclic amines) is 1. The fourth-order valence-corrected chi connectivity index (χ4v) is 4.42. The van der Waals surface area contributed by atoms with Gasteiger partial charge in [-0.05, 0) is 54.7 Å². The lowest BCUT2D eigenvalue weighted by molar-refractivity contribution is -0.132. The second-order valence-corrected chi connectivity index (χ2v) is 8.07. The average Bonchev–Trinajstić information content (AvgIpc) is 3.45. The van der Waals surface area contributed by atoms with Gasteiger partial charge in [-0.3, -0.25) is 4.79 Å². The van der Waals surface area contributed by atoms with Gasteiger partial charge in [0.05, 0.1) is 6.20 Å². The second-order valence-electron chi connectivity index (χ2n) is 8.07. The third-order valence-corrected chi connectivity index (χ3v) is 6.14. The number of nitrogens with zero attached hydrogens (tertiary/aromatic N) is 2. The van der Waals surface area contributed by atoms with Crippen molar-refractivity contribution < 1.29 is 13.6 Å². The number of carbonyl (C=O) groups is 1. The molecule has 1 saturated heterocycles. The number of nitrogens with one attached hydrogen (secondary N) is 1. The van der Waals surface area contributed by atoms with Crippen molar-refractivity contribution in [1.29, 1.82) is 0 Å². The summed E-state index contributed by atoms with van der Waals surface area (Å²) in [6.45, 7) is 1.55. The van der Waals surface area contributed by atoms with Crippen molar-refractivity contribution in [2.75, 3.05) is 13.1 Å². The Kier molecular flexibility index (Phi) is 5.28. The molecule has 0 saturated carbocycles. The zero-order valence-electron chi connectivity index (χ0n) is 17.2. The Morgan fingerprint density at radius 3 is 2.71 bits per heavy atom. The van der Waals surface area contributed by atoms with Crippen LogP contribution in [0.1, 0.15) is 36.6 Å². The van der Waals surface area contributed by atoms with E-state index in [0.29, 0.717) is 30.4 Å². The number of aryl methyl sites for hydroxylation is 1. The molecular formula is C25H24FN3O2. The number of para-hydroxylation sites is 1. The van der Waals surface area contributed by atoms with Crippen molar-refractivity contribution >= 4 is 16.8 Å². The Balaban J connectivity index is 1.15. The minimum absolute atomic E-state index is 0.138. The highest BCUT2D eigenvalue weighted by atomic mass is 19.1. The van der Waals surface area contributed by atoms with Gasteiger partial charge in [0, 0.05) is 48.6 Å². The van der Waals surface area contributed by atoms with Gasteiger partial charge in [0.15, 0.2) is 11.7 Å². The third-order valence-electron chi connectivity index (χ3n) is 6.14. The first-order valence-electron chi connectivity index (χ1n) is 10.7. The predicted molar refractivity (Wildman–Crippen MR) is 117 cm³/mol. The van der Waals surface area contributed by atoms with Crippen LogP contribution >= 0.6 is 0 Å². The Morgan fingerprint density at radius 1 is 1.13 bits per heavy atom. The second kappa shape index (κ2) is 8.38. The van der Waals surface area contributed by atoms with E-state index in [0.717, 1.165) is 31.5 Å². The van der Waals surface area contributed by atoms with Crippen molar-refractivity contribution in [3.8, 4) is 11.3 Å². The fraction of sp³-hybridized carbons (Fsp3) is 0.280. The summed E-state index contributed by atoms with van der Waals surface area (Å²) in [7, 11) is 0. The Morgan fingerprint density at radius 2 is 1.90 bits per heavy atom. The van der Waals surface area contributed by atoms with Gasteiger partial charge in [0.25, 0.3) is 0 Å². The quantitative estimate of drug-likeness (QED) is 0.479. The van der Waals surface area contributed by atoms with Gasteiger partial charge in [-0.25, -0.2) is 9.37 Å². The van der Waals surface area contributed by atoms with E-state index in [1.165, 1.54) is 28.6 Å². The van der Waals surface area contributed by atoms with Crippen LogP contribution in [0.5, 0.6) is 0 Å². The highest BCUT2D eigenvalue weighted by molar-refractivity contribution is 5.83. The number of fused-ring (bicyclic) bond motifs is 1. The number of piperidine rings is 1. The number of hydrogen-bond acceptors (Lipinski definition) is 3. The summed E-state index contributed by atoms with van der Waals surface area (Å²) in [6.07, 6.45) is 6.53. The SMILES string of the molecule is O=C(CCc1ncc(-c2ccc(F)cc2)o1)N1CCC(c2c[nH]c3ccccc23)CC1. The van der Waals surface area contributed by atoms with Crippen LogP contribution in [0.15, 0.2) is 65.3 Å². The molecule has 0 unspecified atom stereocenters. The first-order valence-corrected chi connectivity index (χ1v) is 10.7. The number of H-pyrrole nitrogens is 1. The number of rotatable bonds is 5. The summed E-state index contributed by atoms with van der Waals surface area (Å²) in [6, 6.07) is 14.5. The molecule has 1 amide bonds. The van der Waals surface area contributed by atoms with E-state index in [1.807, 2.05) is 11.0 Å². The zero-order chi connectivity index (χ0) is 21.2. The normalized spacial score (nSPS) is 14.9. The molecule has 2 aromatic heterocycles. The van der Waals surface area contributed by atoms with Gasteiger partial charge in [-0.2, -0.15) is 0 Å². The van der Waals surface area contributed by atoms with Crippen LogP contribution in [0.3, 0.4) is 0 Å². The predicted octanol–water partition coefficient (Wildman–Crippen LogP) is 5.30. The van der Waals surface area contributed by atoms with Gasteiger partial charge in [0.1, 0.15) is 5.82 Å². The van der Waals surface area contributed by atoms with E-state index in [2.05, 4.69) is 34.4 Å². The minimum Gasteiger partial charge on any atom is -0.441 e. The minimum atomic E-state index is -0.289. The number of halogens is 1. The van der Waals surface area contributed by atoms with Crippen molar-refractivity contribution in [3.63, 3.8) is 0 Å². The maximum absolute atomic E-state index is 13.1. The van der Waals surface area contributed by atoms with E-state index in [4.69, 9.17) is 4.42 Å². The first-order chi connectivity index (χ1) is 15.2. The van der Waals surface area contributed by atoms with Gasteiger partial charge in [-0.15, -0.1) is 0 Å². The first kappa shape index (κ1) is 19.5. The lowest BCUT2D eigenvalue weighted by atomic mass is 9.89. The highest BCUT2D eigenvalue weighted by Crippen LogP contribution is 2.33. The van der Waals surface area contributed by atoms with Crippen molar-refractivity contribution in [3.05, 3.63) is 78.2 Å². The molecule has 1 aliphatic rings. The molecule has 1 aliphatic heterocycles. The van der Waals surface area contributed by atoms with E-state index >= 15 is 0 Å². The molecule has 5 rings (SSSR count). The molecule has 0 aliphatic carbocycles. The van der Waals surface area contributed by atoms with Crippen molar-refractivity contribution in [1.82, 2.24) is 14.9 Å². The number of benzene rings is 2. The van der Waals surface area contributed by atoms with Crippen LogP contribution in [-0.4, -0.2) is 33.9 Å². The van der Waals surface area contributed by atoms with Crippen molar-refractivity contribution in [2.45, 2.75) is 31.6 Å². The molecular weight excluding hydrogens is 393 g/mol. The Hall–Kier alpha value is -3.41. The van der Waals surface area contributed by atoms with Crippen LogP contribution in [0.4, 0.5) is 4.39 Å². The molecule has 0 radical (unpaired) electrons. The fourth-order valence-electron chi connectivity index (χ4n) is 4.42. The standard InChI is InChI=1S/C25H24FN3O2/c26-19-7-5-18(6-8-19)23-16-28-24(31-23)9-10-25(30)29-13-11-17(12-14-29)21-15-27-22-4-2-1-3-20(21)22/h1-8,15-17,27H,9-14H2. The molecule has 31 heavy (non-hydrogen) atoms. The van der Waals surface area contributed by atoms with Gasteiger partial charge >= 0.3 is 0 Å². The Labute approximate surface area is 179 Å². The molecule has 4 aromatic rings. The molecule has 3 heterocycles. The molecule has 0 spiro atoms. The van der Waals surface area contributed by atoms with Crippen LogP contribution < -0.4 is 0 Å². The van der Waals surface area contributed by atoms with Gasteiger partial charge in [-0.1, -0.05) is 18.2 Å². The summed E-state index contributed by atoms with van der Waals surface area (Å²) in [5.41, 5.74) is 3.29. The molecule has 0 bridgehead atoms. The van der Waals surface area contributed by atoms with E-state index < -0.39 is 0 Å². The smallest absolute Gasteiger partial charge is 0.223 e. The number of hydrogen-bond donors (Lipinski definition) is 1. The maximum Gasteiger partial charge on any atom is 0.223 e. The molecule has 0 atom stereocenters.